The molecular formula is C14H21NO2. The van der Waals surface area contributed by atoms with E-state index in [1.807, 2.05) is 39.8 Å². The average Bonchev–Trinajstić information content (AvgIpc) is 2.18. The van der Waals surface area contributed by atoms with E-state index in [0.29, 0.717) is 0 Å². The summed E-state index contributed by atoms with van der Waals surface area (Å²) in [4.78, 5) is 11.6. The van der Waals surface area contributed by atoms with Crippen molar-refractivity contribution in [3.05, 3.63) is 29.3 Å². The Kier molecular flexibility index (Phi) is 4.16. The molecule has 1 aromatic carbocycles. The van der Waals surface area contributed by atoms with Crippen LogP contribution in [-0.4, -0.2) is 11.7 Å². The largest absolute Gasteiger partial charge is 0.444 e. The van der Waals surface area contributed by atoms with Gasteiger partial charge >= 0.3 is 6.09 Å². The molecule has 1 aromatic rings. The van der Waals surface area contributed by atoms with Crippen LogP contribution in [0, 0.1) is 6.92 Å². The van der Waals surface area contributed by atoms with Crippen molar-refractivity contribution in [1.29, 1.82) is 0 Å². The molecule has 94 valence electrons. The number of rotatable bonds is 2. The summed E-state index contributed by atoms with van der Waals surface area (Å²) in [5.74, 6) is 0. The lowest BCUT2D eigenvalue weighted by molar-refractivity contribution is 0.0636. The molecule has 0 aliphatic heterocycles. The molecule has 3 nitrogen and oxygen atoms in total. The highest BCUT2D eigenvalue weighted by molar-refractivity contribution is 5.86. The van der Waals surface area contributed by atoms with Crippen LogP contribution in [0.15, 0.2) is 18.2 Å². The minimum absolute atomic E-state index is 0.408. The Morgan fingerprint density at radius 3 is 2.53 bits per heavy atom. The van der Waals surface area contributed by atoms with E-state index >= 15 is 0 Å². The third-order valence-corrected chi connectivity index (χ3v) is 2.35. The lowest BCUT2D eigenvalue weighted by Gasteiger charge is -2.20. The van der Waals surface area contributed by atoms with Crippen LogP contribution in [0.25, 0.3) is 0 Å². The number of ether oxygens (including phenoxy) is 1. The molecule has 1 N–H and O–H groups in total. The maximum Gasteiger partial charge on any atom is 0.412 e. The Hall–Kier alpha value is -1.51. The Balaban J connectivity index is 2.77. The number of carbonyl (C=O) groups excluding carboxylic acids is 1. The molecule has 17 heavy (non-hydrogen) atoms. The normalized spacial score (nSPS) is 11.1. The molecule has 0 fully saturated rings. The number of nitrogens with one attached hydrogen (secondary N) is 1. The molecule has 0 aromatic heterocycles. The summed E-state index contributed by atoms with van der Waals surface area (Å²) < 4.78 is 5.22. The molecule has 0 aliphatic rings. The highest BCUT2D eigenvalue weighted by Crippen LogP contribution is 2.18. The maximum atomic E-state index is 11.6. The summed E-state index contributed by atoms with van der Waals surface area (Å²) in [6.07, 6.45) is 0.539. The van der Waals surface area contributed by atoms with Crippen LogP contribution >= 0.6 is 0 Å². The first-order valence-corrected chi connectivity index (χ1v) is 5.91. The zero-order valence-electron chi connectivity index (χ0n) is 11.3. The predicted octanol–water partition coefficient (Wildman–Crippen LogP) is 3.90. The first-order chi connectivity index (χ1) is 7.81. The van der Waals surface area contributed by atoms with Crippen molar-refractivity contribution < 1.29 is 9.53 Å². The molecule has 0 aliphatic carbocycles. The molecule has 0 radical (unpaired) electrons. The smallest absolute Gasteiger partial charge is 0.412 e. The standard InChI is InChI=1S/C14H21NO2/c1-6-11-8-7-10(2)12(9-11)15-13(16)17-14(3,4)5/h7-9H,6H2,1-5H3,(H,15,16). The number of hydrogen-bond donors (Lipinski definition) is 1. The van der Waals surface area contributed by atoms with E-state index in [-0.39, 0.29) is 0 Å². The number of anilines is 1. The molecule has 0 saturated carbocycles. The van der Waals surface area contributed by atoms with E-state index < -0.39 is 11.7 Å². The highest BCUT2D eigenvalue weighted by atomic mass is 16.6. The number of benzene rings is 1. The zero-order valence-corrected chi connectivity index (χ0v) is 11.3. The second-order valence-corrected chi connectivity index (χ2v) is 5.13. The summed E-state index contributed by atoms with van der Waals surface area (Å²) in [7, 11) is 0. The Morgan fingerprint density at radius 1 is 1.35 bits per heavy atom. The van der Waals surface area contributed by atoms with Gasteiger partial charge in [-0.3, -0.25) is 5.32 Å². The van der Waals surface area contributed by atoms with Gasteiger partial charge in [0.05, 0.1) is 0 Å². The third kappa shape index (κ3) is 4.47. The first kappa shape index (κ1) is 13.6. The second-order valence-electron chi connectivity index (χ2n) is 5.13. The summed E-state index contributed by atoms with van der Waals surface area (Å²) in [5.41, 5.74) is 2.58. The number of hydrogen-bond acceptors (Lipinski definition) is 2. The summed E-state index contributed by atoms with van der Waals surface area (Å²) in [6.45, 7) is 9.60. The van der Waals surface area contributed by atoms with Gasteiger partial charge in [-0.1, -0.05) is 19.1 Å². The van der Waals surface area contributed by atoms with E-state index in [1.165, 1.54) is 5.56 Å². The van der Waals surface area contributed by atoms with Gasteiger partial charge in [0, 0.05) is 5.69 Å². The molecule has 0 spiro atoms. The Labute approximate surface area is 103 Å². The van der Waals surface area contributed by atoms with Gasteiger partial charge in [0.1, 0.15) is 5.60 Å². The summed E-state index contributed by atoms with van der Waals surface area (Å²) in [6, 6.07) is 6.06. The van der Waals surface area contributed by atoms with E-state index in [1.54, 1.807) is 0 Å². The molecule has 0 bridgehead atoms. The van der Waals surface area contributed by atoms with E-state index in [9.17, 15) is 4.79 Å². The quantitative estimate of drug-likeness (QED) is 0.844. The third-order valence-electron chi connectivity index (χ3n) is 2.35. The monoisotopic (exact) mass is 235 g/mol. The van der Waals surface area contributed by atoms with Crippen molar-refractivity contribution in [3.8, 4) is 0 Å². The summed E-state index contributed by atoms with van der Waals surface area (Å²) >= 11 is 0. The van der Waals surface area contributed by atoms with E-state index in [0.717, 1.165) is 17.7 Å². The highest BCUT2D eigenvalue weighted by Gasteiger charge is 2.16. The SMILES string of the molecule is CCc1ccc(C)c(NC(=O)OC(C)(C)C)c1. The van der Waals surface area contributed by atoms with Crippen LogP contribution in [-0.2, 0) is 11.2 Å². The fourth-order valence-corrected chi connectivity index (χ4v) is 1.44. The van der Waals surface area contributed by atoms with Gasteiger partial charge < -0.3 is 4.74 Å². The summed E-state index contributed by atoms with van der Waals surface area (Å²) in [5, 5.41) is 2.78. The van der Waals surface area contributed by atoms with Gasteiger partial charge in [0.25, 0.3) is 0 Å². The molecule has 3 heteroatoms. The van der Waals surface area contributed by atoms with Crippen molar-refractivity contribution in [1.82, 2.24) is 0 Å². The van der Waals surface area contributed by atoms with Gasteiger partial charge in [-0.15, -0.1) is 0 Å². The molecular weight excluding hydrogens is 214 g/mol. The van der Waals surface area contributed by atoms with E-state index in [4.69, 9.17) is 4.74 Å². The first-order valence-electron chi connectivity index (χ1n) is 5.91. The van der Waals surface area contributed by atoms with Gasteiger partial charge in [0.2, 0.25) is 0 Å². The fraction of sp³-hybridized carbons (Fsp3) is 0.500. The van der Waals surface area contributed by atoms with Gasteiger partial charge in [-0.05, 0) is 51.3 Å². The molecule has 0 heterocycles. The lowest BCUT2D eigenvalue weighted by Crippen LogP contribution is -2.27. The zero-order chi connectivity index (χ0) is 13.1. The molecule has 0 saturated heterocycles. The van der Waals surface area contributed by atoms with Crippen molar-refractivity contribution in [2.75, 3.05) is 5.32 Å². The molecule has 0 unspecified atom stereocenters. The minimum Gasteiger partial charge on any atom is -0.444 e. The number of amides is 1. The number of carbonyl (C=O) groups is 1. The van der Waals surface area contributed by atoms with Crippen molar-refractivity contribution in [2.45, 2.75) is 46.6 Å². The fourth-order valence-electron chi connectivity index (χ4n) is 1.44. The van der Waals surface area contributed by atoms with Crippen molar-refractivity contribution >= 4 is 11.8 Å². The van der Waals surface area contributed by atoms with Crippen LogP contribution in [0.1, 0.15) is 38.8 Å². The second kappa shape index (κ2) is 5.21. The van der Waals surface area contributed by atoms with Crippen LogP contribution in [0.2, 0.25) is 0 Å². The Bertz CT molecular complexity index is 405. The van der Waals surface area contributed by atoms with Gasteiger partial charge in [-0.25, -0.2) is 4.79 Å². The van der Waals surface area contributed by atoms with Crippen LogP contribution in [0.3, 0.4) is 0 Å². The minimum atomic E-state index is -0.472. The van der Waals surface area contributed by atoms with Crippen LogP contribution in [0.4, 0.5) is 10.5 Å². The van der Waals surface area contributed by atoms with Gasteiger partial charge in [0.15, 0.2) is 0 Å². The molecule has 1 rings (SSSR count). The number of aryl methyl sites for hydroxylation is 2. The van der Waals surface area contributed by atoms with Crippen molar-refractivity contribution in [2.24, 2.45) is 0 Å². The van der Waals surface area contributed by atoms with E-state index in [2.05, 4.69) is 18.3 Å². The lowest BCUT2D eigenvalue weighted by atomic mass is 10.1. The average molecular weight is 235 g/mol. The van der Waals surface area contributed by atoms with Crippen LogP contribution < -0.4 is 5.32 Å². The topological polar surface area (TPSA) is 38.3 Å². The van der Waals surface area contributed by atoms with Gasteiger partial charge in [-0.2, -0.15) is 0 Å². The van der Waals surface area contributed by atoms with Crippen molar-refractivity contribution in [3.63, 3.8) is 0 Å². The molecule has 1 amide bonds. The maximum absolute atomic E-state index is 11.6. The van der Waals surface area contributed by atoms with Crippen LogP contribution in [0.5, 0.6) is 0 Å². The predicted molar refractivity (Wildman–Crippen MR) is 70.4 cm³/mol. The molecule has 0 atom stereocenters. The Morgan fingerprint density at radius 2 is 2.00 bits per heavy atom.